The fourth-order valence-corrected chi connectivity index (χ4v) is 3.43. The van der Waals surface area contributed by atoms with Gasteiger partial charge < -0.3 is 23.7 Å². The molecule has 0 amide bonds. The molecule has 0 aliphatic carbocycles. The van der Waals surface area contributed by atoms with Gasteiger partial charge in [0.1, 0.15) is 6.61 Å². The zero-order valence-corrected chi connectivity index (χ0v) is 22.5. The molecule has 0 aliphatic heterocycles. The average Bonchev–Trinajstić information content (AvgIpc) is 2.83. The van der Waals surface area contributed by atoms with Crippen molar-refractivity contribution in [1.82, 2.24) is 4.90 Å². The lowest BCUT2D eigenvalue weighted by Gasteiger charge is -2.22. The number of hydrogen-bond acceptors (Lipinski definition) is 7. The van der Waals surface area contributed by atoms with E-state index in [-0.39, 0.29) is 5.97 Å². The minimum atomic E-state index is -0.321. The van der Waals surface area contributed by atoms with Crippen LogP contribution in [0.3, 0.4) is 0 Å². The molecule has 0 unspecified atom stereocenters. The summed E-state index contributed by atoms with van der Waals surface area (Å²) in [6, 6.07) is 0. The largest absolute Gasteiger partial charge is 0.461 e. The number of unbranched alkanes of at least 4 members (excludes halogenated alkanes) is 9. The molecule has 202 valence electrons. The maximum atomic E-state index is 11.6. The van der Waals surface area contributed by atoms with E-state index in [1.165, 1.54) is 57.8 Å². The summed E-state index contributed by atoms with van der Waals surface area (Å²) in [7, 11) is 1.66. The highest BCUT2D eigenvalue weighted by atomic mass is 16.6. The van der Waals surface area contributed by atoms with E-state index in [9.17, 15) is 4.79 Å². The van der Waals surface area contributed by atoms with E-state index >= 15 is 0 Å². The van der Waals surface area contributed by atoms with Crippen molar-refractivity contribution in [2.24, 2.45) is 0 Å². The van der Waals surface area contributed by atoms with Crippen LogP contribution in [0.25, 0.3) is 0 Å². The first kappa shape index (κ1) is 33.0. The van der Waals surface area contributed by atoms with E-state index in [2.05, 4.69) is 18.4 Å². The second-order valence-corrected chi connectivity index (χ2v) is 8.77. The van der Waals surface area contributed by atoms with Crippen molar-refractivity contribution in [3.63, 3.8) is 0 Å². The highest BCUT2D eigenvalue weighted by molar-refractivity contribution is 5.86. The number of carbonyl (C=O) groups is 1. The predicted molar refractivity (Wildman–Crippen MR) is 138 cm³/mol. The Morgan fingerprint density at radius 2 is 1.12 bits per heavy atom. The highest BCUT2D eigenvalue weighted by Crippen LogP contribution is 2.11. The Bertz CT molecular complexity index is 460. The molecular weight excluding hydrogens is 434 g/mol. The van der Waals surface area contributed by atoms with Gasteiger partial charge in [-0.3, -0.25) is 4.90 Å². The molecule has 0 aromatic heterocycles. The van der Waals surface area contributed by atoms with Crippen LogP contribution in [0.1, 0.15) is 78.1 Å². The molecule has 0 saturated carbocycles. The Morgan fingerprint density at radius 1 is 0.647 bits per heavy atom. The van der Waals surface area contributed by atoms with Gasteiger partial charge in [0.2, 0.25) is 0 Å². The van der Waals surface area contributed by atoms with E-state index < -0.39 is 0 Å². The summed E-state index contributed by atoms with van der Waals surface area (Å²) >= 11 is 0. The Labute approximate surface area is 209 Å². The van der Waals surface area contributed by atoms with E-state index in [1.807, 2.05) is 0 Å². The van der Waals surface area contributed by atoms with Gasteiger partial charge >= 0.3 is 5.97 Å². The molecule has 0 radical (unpaired) electrons. The zero-order valence-electron chi connectivity index (χ0n) is 22.5. The standard InChI is InChI=1S/C27H53NO6/c1-5-6-7-8-9-10-11-12-13-14-15-28(17-19-34-27(29)26(2)3)16-18-31-22-23-33-25-24-32-21-20-30-4/h2,5-25H2,1,3-4H3. The third kappa shape index (κ3) is 24.1. The van der Waals surface area contributed by atoms with Crippen molar-refractivity contribution >= 4 is 5.97 Å². The molecule has 0 saturated heterocycles. The quantitative estimate of drug-likeness (QED) is 0.0915. The molecule has 0 aromatic carbocycles. The molecule has 0 rings (SSSR count). The fourth-order valence-electron chi connectivity index (χ4n) is 3.43. The van der Waals surface area contributed by atoms with Crippen molar-refractivity contribution in [2.75, 3.05) is 79.6 Å². The topological polar surface area (TPSA) is 66.5 Å². The van der Waals surface area contributed by atoms with Crippen LogP contribution >= 0.6 is 0 Å². The molecule has 0 heterocycles. The summed E-state index contributed by atoms with van der Waals surface area (Å²) in [5, 5.41) is 0. The summed E-state index contributed by atoms with van der Waals surface area (Å²) in [6.45, 7) is 14.6. The molecule has 0 atom stereocenters. The smallest absolute Gasteiger partial charge is 0.333 e. The van der Waals surface area contributed by atoms with Gasteiger partial charge in [0.05, 0.1) is 46.2 Å². The van der Waals surface area contributed by atoms with Crippen LogP contribution in [0.2, 0.25) is 0 Å². The van der Waals surface area contributed by atoms with E-state index in [4.69, 9.17) is 23.7 Å². The summed E-state index contributed by atoms with van der Waals surface area (Å²) in [6.07, 6.45) is 13.2. The SMILES string of the molecule is C=C(C)C(=O)OCCN(CCCCCCCCCCCC)CCOCCOCCOCCOC. The van der Waals surface area contributed by atoms with Gasteiger partial charge in [0, 0.05) is 25.8 Å². The lowest BCUT2D eigenvalue weighted by atomic mass is 10.1. The second kappa shape index (κ2) is 26.6. The summed E-state index contributed by atoms with van der Waals surface area (Å²) < 4.78 is 26.8. The molecule has 7 nitrogen and oxygen atoms in total. The first-order valence-electron chi connectivity index (χ1n) is 13.4. The summed E-state index contributed by atoms with van der Waals surface area (Å²) in [5.41, 5.74) is 0.439. The number of hydrogen-bond donors (Lipinski definition) is 0. The van der Waals surface area contributed by atoms with Crippen molar-refractivity contribution < 1.29 is 28.5 Å². The third-order valence-electron chi connectivity index (χ3n) is 5.54. The number of ether oxygens (including phenoxy) is 5. The zero-order chi connectivity index (χ0) is 25.1. The molecule has 0 N–H and O–H groups in total. The fraction of sp³-hybridized carbons (Fsp3) is 0.889. The molecule has 7 heteroatoms. The van der Waals surface area contributed by atoms with Gasteiger partial charge in [-0.2, -0.15) is 0 Å². The van der Waals surface area contributed by atoms with Crippen molar-refractivity contribution in [3.8, 4) is 0 Å². The molecule has 34 heavy (non-hydrogen) atoms. The highest BCUT2D eigenvalue weighted by Gasteiger charge is 2.08. The van der Waals surface area contributed by atoms with Crippen LogP contribution in [0, 0.1) is 0 Å². The summed E-state index contributed by atoms with van der Waals surface area (Å²) in [5.74, 6) is -0.321. The normalized spacial score (nSPS) is 11.3. The molecule has 0 aromatic rings. The molecule has 0 bridgehead atoms. The minimum absolute atomic E-state index is 0.321. The van der Waals surface area contributed by atoms with Crippen molar-refractivity contribution in [3.05, 3.63) is 12.2 Å². The molecule has 0 fully saturated rings. The number of esters is 1. The van der Waals surface area contributed by atoms with E-state index in [1.54, 1.807) is 14.0 Å². The Morgan fingerprint density at radius 3 is 1.65 bits per heavy atom. The molecule has 0 spiro atoms. The monoisotopic (exact) mass is 487 g/mol. The van der Waals surface area contributed by atoms with Gasteiger partial charge in [-0.15, -0.1) is 0 Å². The Kier molecular flexibility index (Phi) is 25.8. The lowest BCUT2D eigenvalue weighted by molar-refractivity contribution is -0.139. The number of carbonyl (C=O) groups excluding carboxylic acids is 1. The number of rotatable bonds is 27. The van der Waals surface area contributed by atoms with Gasteiger partial charge in [0.25, 0.3) is 0 Å². The maximum Gasteiger partial charge on any atom is 0.333 e. The van der Waals surface area contributed by atoms with E-state index in [0.717, 1.165) is 26.1 Å². The first-order chi connectivity index (χ1) is 16.6. The van der Waals surface area contributed by atoms with Crippen molar-refractivity contribution in [1.29, 1.82) is 0 Å². The number of methoxy groups -OCH3 is 1. The van der Waals surface area contributed by atoms with Crippen LogP contribution in [0.5, 0.6) is 0 Å². The van der Waals surface area contributed by atoms with Crippen molar-refractivity contribution in [2.45, 2.75) is 78.1 Å². The molecule has 0 aliphatic rings. The average molecular weight is 488 g/mol. The Balaban J connectivity index is 3.88. The van der Waals surface area contributed by atoms with Crippen LogP contribution < -0.4 is 0 Å². The van der Waals surface area contributed by atoms with Gasteiger partial charge in [0.15, 0.2) is 0 Å². The van der Waals surface area contributed by atoms with Gasteiger partial charge in [-0.05, 0) is 19.9 Å². The van der Waals surface area contributed by atoms with Gasteiger partial charge in [-0.1, -0.05) is 71.3 Å². The van der Waals surface area contributed by atoms with Crippen LogP contribution in [0.15, 0.2) is 12.2 Å². The second-order valence-electron chi connectivity index (χ2n) is 8.77. The van der Waals surface area contributed by atoms with Crippen LogP contribution in [-0.2, 0) is 28.5 Å². The third-order valence-corrected chi connectivity index (χ3v) is 5.54. The first-order valence-corrected chi connectivity index (χ1v) is 13.4. The van der Waals surface area contributed by atoms with Crippen LogP contribution in [0.4, 0.5) is 0 Å². The summed E-state index contributed by atoms with van der Waals surface area (Å²) in [4.78, 5) is 14.0. The van der Waals surface area contributed by atoms with Gasteiger partial charge in [-0.25, -0.2) is 4.79 Å². The predicted octanol–water partition coefficient (Wildman–Crippen LogP) is 5.02. The number of nitrogens with zero attached hydrogens (tertiary/aromatic N) is 1. The maximum absolute atomic E-state index is 11.6. The Hall–Kier alpha value is -0.990. The lowest BCUT2D eigenvalue weighted by Crippen LogP contribution is -2.33. The van der Waals surface area contributed by atoms with E-state index in [0.29, 0.717) is 58.4 Å². The molecular formula is C27H53NO6. The minimum Gasteiger partial charge on any atom is -0.461 e. The van der Waals surface area contributed by atoms with Crippen LogP contribution in [-0.4, -0.2) is 90.5 Å².